The third-order valence-corrected chi connectivity index (χ3v) is 2.94. The number of carbonyl (C=O) groups excluding carboxylic acids is 1. The van der Waals surface area contributed by atoms with E-state index in [9.17, 15) is 9.18 Å². The molecule has 0 saturated carbocycles. The first-order valence-electron chi connectivity index (χ1n) is 6.15. The van der Waals surface area contributed by atoms with E-state index in [-0.39, 0.29) is 12.4 Å². The Bertz CT molecular complexity index is 623. The molecule has 0 fully saturated rings. The summed E-state index contributed by atoms with van der Waals surface area (Å²) in [5, 5.41) is 0. The Labute approximate surface area is 117 Å². The highest BCUT2D eigenvalue weighted by atomic mass is 19.1. The molecule has 3 nitrogen and oxygen atoms in total. The van der Waals surface area contributed by atoms with Crippen molar-refractivity contribution < 1.29 is 18.7 Å². The van der Waals surface area contributed by atoms with Crippen LogP contribution in [0.3, 0.4) is 0 Å². The lowest BCUT2D eigenvalue weighted by Gasteiger charge is -2.11. The van der Waals surface area contributed by atoms with Gasteiger partial charge in [0.15, 0.2) is 17.9 Å². The molecule has 0 amide bonds. The molecule has 104 valence electrons. The maximum atomic E-state index is 13.9. The maximum Gasteiger partial charge on any atom is 0.171 e. The molecule has 0 unspecified atom stereocenters. The molecule has 0 saturated heterocycles. The highest BCUT2D eigenvalue weighted by Gasteiger charge is 2.10. The molecule has 0 atom stereocenters. The molecule has 0 radical (unpaired) electrons. The van der Waals surface area contributed by atoms with E-state index in [1.54, 1.807) is 30.3 Å². The van der Waals surface area contributed by atoms with Crippen LogP contribution in [0.1, 0.15) is 21.5 Å². The molecule has 2 aromatic rings. The molecular weight excluding hydrogens is 259 g/mol. The van der Waals surface area contributed by atoms with Crippen molar-refractivity contribution in [3.63, 3.8) is 0 Å². The number of ether oxygens (including phenoxy) is 2. The average molecular weight is 274 g/mol. The topological polar surface area (TPSA) is 35.5 Å². The summed E-state index contributed by atoms with van der Waals surface area (Å²) < 4.78 is 24.4. The predicted molar refractivity (Wildman–Crippen MR) is 73.9 cm³/mol. The predicted octanol–water partition coefficient (Wildman–Crippen LogP) is 3.53. The molecule has 0 aliphatic rings. The van der Waals surface area contributed by atoms with Gasteiger partial charge in [0.2, 0.25) is 0 Å². The van der Waals surface area contributed by atoms with Crippen molar-refractivity contribution >= 4 is 6.29 Å². The summed E-state index contributed by atoms with van der Waals surface area (Å²) in [5.74, 6) is 0.160. The lowest BCUT2D eigenvalue weighted by molar-refractivity contribution is 0.111. The Morgan fingerprint density at radius 2 is 2.00 bits per heavy atom. The first-order chi connectivity index (χ1) is 9.65. The van der Waals surface area contributed by atoms with E-state index in [4.69, 9.17) is 9.47 Å². The number of hydrogen-bond acceptors (Lipinski definition) is 3. The standard InChI is InChI=1S/C16H15FO3/c1-11-6-7-14(13(8-11)9-18)20-10-12-4-3-5-15(19-2)16(12)17/h3-9H,10H2,1-2H3. The SMILES string of the molecule is COc1cccc(COc2ccc(C)cc2C=O)c1F. The van der Waals surface area contributed by atoms with Crippen molar-refractivity contribution in [1.29, 1.82) is 0 Å². The third kappa shape index (κ3) is 2.96. The molecule has 0 spiro atoms. The molecule has 0 N–H and O–H groups in total. The minimum Gasteiger partial charge on any atom is -0.494 e. The van der Waals surface area contributed by atoms with Gasteiger partial charge in [-0.3, -0.25) is 4.79 Å². The fraction of sp³-hybridized carbons (Fsp3) is 0.188. The molecule has 20 heavy (non-hydrogen) atoms. The summed E-state index contributed by atoms with van der Waals surface area (Å²) in [6.07, 6.45) is 0.726. The molecule has 0 aliphatic carbocycles. The van der Waals surface area contributed by atoms with Gasteiger partial charge in [0.05, 0.1) is 12.7 Å². The fourth-order valence-corrected chi connectivity index (χ4v) is 1.87. The molecular formula is C16H15FO3. The Morgan fingerprint density at radius 1 is 1.20 bits per heavy atom. The van der Waals surface area contributed by atoms with Crippen LogP contribution in [-0.2, 0) is 6.61 Å². The quantitative estimate of drug-likeness (QED) is 0.782. The monoisotopic (exact) mass is 274 g/mol. The van der Waals surface area contributed by atoms with Crippen LogP contribution in [-0.4, -0.2) is 13.4 Å². The zero-order chi connectivity index (χ0) is 14.5. The van der Waals surface area contributed by atoms with Crippen LogP contribution < -0.4 is 9.47 Å². The van der Waals surface area contributed by atoms with Crippen molar-refractivity contribution in [3.05, 3.63) is 58.9 Å². The number of methoxy groups -OCH3 is 1. The Balaban J connectivity index is 2.19. The van der Waals surface area contributed by atoms with Crippen molar-refractivity contribution in [2.45, 2.75) is 13.5 Å². The first-order valence-corrected chi connectivity index (χ1v) is 6.15. The van der Waals surface area contributed by atoms with Crippen LogP contribution in [0, 0.1) is 12.7 Å². The molecule has 2 aromatic carbocycles. The number of aldehydes is 1. The van der Waals surface area contributed by atoms with Crippen LogP contribution in [0.2, 0.25) is 0 Å². The largest absolute Gasteiger partial charge is 0.494 e. The van der Waals surface area contributed by atoms with E-state index in [1.807, 2.05) is 13.0 Å². The number of benzene rings is 2. The highest BCUT2D eigenvalue weighted by molar-refractivity contribution is 5.79. The van der Waals surface area contributed by atoms with E-state index in [0.29, 0.717) is 16.9 Å². The van der Waals surface area contributed by atoms with Gasteiger partial charge in [0.25, 0.3) is 0 Å². The van der Waals surface area contributed by atoms with Crippen molar-refractivity contribution in [3.8, 4) is 11.5 Å². The zero-order valence-electron chi connectivity index (χ0n) is 11.4. The van der Waals surface area contributed by atoms with Gasteiger partial charge in [-0.1, -0.05) is 23.8 Å². The van der Waals surface area contributed by atoms with Crippen LogP contribution in [0.5, 0.6) is 11.5 Å². The van der Waals surface area contributed by atoms with Crippen LogP contribution in [0.25, 0.3) is 0 Å². The Morgan fingerprint density at radius 3 is 2.70 bits per heavy atom. The summed E-state index contributed by atoms with van der Waals surface area (Å²) >= 11 is 0. The van der Waals surface area contributed by atoms with E-state index in [1.165, 1.54) is 7.11 Å². The van der Waals surface area contributed by atoms with Gasteiger partial charge in [-0.05, 0) is 25.1 Å². The van der Waals surface area contributed by atoms with Gasteiger partial charge < -0.3 is 9.47 Å². The van der Waals surface area contributed by atoms with E-state index >= 15 is 0 Å². The van der Waals surface area contributed by atoms with Gasteiger partial charge in [0, 0.05) is 5.56 Å². The lowest BCUT2D eigenvalue weighted by Crippen LogP contribution is -2.02. The smallest absolute Gasteiger partial charge is 0.171 e. The Kier molecular flexibility index (Phi) is 4.35. The van der Waals surface area contributed by atoms with E-state index in [0.717, 1.165) is 11.8 Å². The summed E-state index contributed by atoms with van der Waals surface area (Å²) in [6.45, 7) is 1.92. The van der Waals surface area contributed by atoms with Gasteiger partial charge in [-0.15, -0.1) is 0 Å². The Hall–Kier alpha value is -2.36. The third-order valence-electron chi connectivity index (χ3n) is 2.94. The van der Waals surface area contributed by atoms with Crippen molar-refractivity contribution in [2.75, 3.05) is 7.11 Å². The van der Waals surface area contributed by atoms with Gasteiger partial charge in [0.1, 0.15) is 12.4 Å². The zero-order valence-corrected chi connectivity index (χ0v) is 11.4. The minimum absolute atomic E-state index is 0.0347. The second-order valence-electron chi connectivity index (χ2n) is 4.38. The van der Waals surface area contributed by atoms with Crippen molar-refractivity contribution in [1.82, 2.24) is 0 Å². The fourth-order valence-electron chi connectivity index (χ4n) is 1.87. The van der Waals surface area contributed by atoms with E-state index in [2.05, 4.69) is 0 Å². The number of carbonyl (C=O) groups is 1. The van der Waals surface area contributed by atoms with Gasteiger partial charge in [-0.25, -0.2) is 4.39 Å². The molecule has 2 rings (SSSR count). The number of rotatable bonds is 5. The molecule has 0 aliphatic heterocycles. The molecule has 0 bridgehead atoms. The second kappa shape index (κ2) is 6.19. The summed E-state index contributed by atoms with van der Waals surface area (Å²) in [5.41, 5.74) is 1.79. The average Bonchev–Trinajstić information content (AvgIpc) is 2.47. The lowest BCUT2D eigenvalue weighted by atomic mass is 10.1. The molecule has 0 heterocycles. The van der Waals surface area contributed by atoms with Gasteiger partial charge >= 0.3 is 0 Å². The number of aryl methyl sites for hydroxylation is 1. The minimum atomic E-state index is -0.449. The van der Waals surface area contributed by atoms with Gasteiger partial charge in [-0.2, -0.15) is 0 Å². The molecule has 4 heteroatoms. The normalized spacial score (nSPS) is 10.2. The van der Waals surface area contributed by atoms with Crippen LogP contribution in [0.15, 0.2) is 36.4 Å². The summed E-state index contributed by atoms with van der Waals surface area (Å²) in [6, 6.07) is 10.1. The summed E-state index contributed by atoms with van der Waals surface area (Å²) in [4.78, 5) is 11.0. The summed E-state index contributed by atoms with van der Waals surface area (Å²) in [7, 11) is 1.41. The van der Waals surface area contributed by atoms with Crippen LogP contribution >= 0.6 is 0 Å². The number of halogens is 1. The van der Waals surface area contributed by atoms with E-state index < -0.39 is 5.82 Å². The highest BCUT2D eigenvalue weighted by Crippen LogP contribution is 2.23. The second-order valence-corrected chi connectivity index (χ2v) is 4.38. The number of hydrogen-bond donors (Lipinski definition) is 0. The van der Waals surface area contributed by atoms with Crippen LogP contribution in [0.4, 0.5) is 4.39 Å². The molecule has 0 aromatic heterocycles. The van der Waals surface area contributed by atoms with Crippen molar-refractivity contribution in [2.24, 2.45) is 0 Å². The first kappa shape index (κ1) is 14.1. The maximum absolute atomic E-state index is 13.9.